The van der Waals surface area contributed by atoms with Gasteiger partial charge in [0.15, 0.2) is 0 Å². The fraction of sp³-hybridized carbons (Fsp3) is 0.462. The smallest absolute Gasteiger partial charge is 0.253 e. The van der Waals surface area contributed by atoms with Crippen molar-refractivity contribution < 1.29 is 18.3 Å². The fourth-order valence-corrected chi connectivity index (χ4v) is 3.31. The Morgan fingerprint density at radius 3 is 2.57 bits per heavy atom. The number of halogens is 1. The zero-order chi connectivity index (χ0) is 15.6. The van der Waals surface area contributed by atoms with Crippen LogP contribution in [0.5, 0.6) is 5.75 Å². The average Bonchev–Trinajstić information content (AvgIpc) is 2.66. The molecule has 1 aromatic carbocycles. The van der Waals surface area contributed by atoms with Crippen molar-refractivity contribution in [3.05, 3.63) is 28.8 Å². The highest BCUT2D eigenvalue weighted by atomic mass is 35.5. The highest BCUT2D eigenvalue weighted by molar-refractivity contribution is 7.88. The second kappa shape index (κ2) is 6.21. The summed E-state index contributed by atoms with van der Waals surface area (Å²) < 4.78 is 24.5. The molecule has 0 spiro atoms. The molecule has 1 aliphatic heterocycles. The van der Waals surface area contributed by atoms with Gasteiger partial charge in [-0.2, -0.15) is 0 Å². The van der Waals surface area contributed by atoms with Crippen LogP contribution in [0.2, 0.25) is 5.02 Å². The second-order valence-electron chi connectivity index (χ2n) is 4.97. The minimum Gasteiger partial charge on any atom is -0.506 e. The van der Waals surface area contributed by atoms with Gasteiger partial charge in [0.2, 0.25) is 10.0 Å². The molecule has 0 bridgehead atoms. The summed E-state index contributed by atoms with van der Waals surface area (Å²) in [5, 5.41) is 9.49. The number of aromatic hydroxyl groups is 1. The largest absolute Gasteiger partial charge is 0.506 e. The van der Waals surface area contributed by atoms with Gasteiger partial charge >= 0.3 is 0 Å². The van der Waals surface area contributed by atoms with Gasteiger partial charge in [0, 0.05) is 31.7 Å². The maximum Gasteiger partial charge on any atom is 0.253 e. The molecule has 0 aromatic heterocycles. The lowest BCUT2D eigenvalue weighted by Crippen LogP contribution is -2.36. The van der Waals surface area contributed by atoms with Crippen LogP contribution in [0.15, 0.2) is 18.2 Å². The van der Waals surface area contributed by atoms with Gasteiger partial charge in [-0.1, -0.05) is 11.6 Å². The highest BCUT2D eigenvalue weighted by Gasteiger charge is 2.24. The van der Waals surface area contributed by atoms with Crippen LogP contribution in [0, 0.1) is 0 Å². The molecule has 2 rings (SSSR count). The molecule has 6 nitrogen and oxygen atoms in total. The Morgan fingerprint density at radius 2 is 1.95 bits per heavy atom. The van der Waals surface area contributed by atoms with E-state index < -0.39 is 10.0 Å². The third-order valence-electron chi connectivity index (χ3n) is 3.41. The first-order chi connectivity index (χ1) is 9.79. The molecule has 0 aliphatic carbocycles. The quantitative estimate of drug-likeness (QED) is 0.881. The van der Waals surface area contributed by atoms with E-state index in [0.29, 0.717) is 31.6 Å². The van der Waals surface area contributed by atoms with Crippen LogP contribution >= 0.6 is 11.6 Å². The van der Waals surface area contributed by atoms with Gasteiger partial charge in [0.05, 0.1) is 11.3 Å². The van der Waals surface area contributed by atoms with Gasteiger partial charge in [-0.05, 0) is 24.6 Å². The summed E-state index contributed by atoms with van der Waals surface area (Å²) in [6.45, 7) is 1.53. The van der Waals surface area contributed by atoms with Gasteiger partial charge in [-0.15, -0.1) is 0 Å². The van der Waals surface area contributed by atoms with Crippen LogP contribution in [-0.4, -0.2) is 61.1 Å². The summed E-state index contributed by atoms with van der Waals surface area (Å²) in [6.07, 6.45) is 1.76. The number of hydrogen-bond donors (Lipinski definition) is 1. The van der Waals surface area contributed by atoms with Crippen LogP contribution in [-0.2, 0) is 10.0 Å². The summed E-state index contributed by atoms with van der Waals surface area (Å²) in [7, 11) is -3.23. The molecule has 1 fully saturated rings. The molecular weight excluding hydrogens is 316 g/mol. The van der Waals surface area contributed by atoms with Crippen LogP contribution in [0.25, 0.3) is 0 Å². The molecule has 21 heavy (non-hydrogen) atoms. The molecule has 116 valence electrons. The number of nitrogens with zero attached hydrogens (tertiary/aromatic N) is 2. The van der Waals surface area contributed by atoms with Gasteiger partial charge in [0.1, 0.15) is 5.75 Å². The Labute approximate surface area is 129 Å². The Kier molecular flexibility index (Phi) is 4.75. The van der Waals surface area contributed by atoms with Gasteiger partial charge in [-0.3, -0.25) is 4.79 Å². The third-order valence-corrected chi connectivity index (χ3v) is 5.01. The molecule has 8 heteroatoms. The molecular formula is C13H17ClN2O4S. The van der Waals surface area contributed by atoms with E-state index in [0.717, 1.165) is 0 Å². The first-order valence-electron chi connectivity index (χ1n) is 6.52. The van der Waals surface area contributed by atoms with Crippen molar-refractivity contribution >= 4 is 27.5 Å². The molecule has 1 amide bonds. The monoisotopic (exact) mass is 332 g/mol. The molecule has 1 N–H and O–H groups in total. The summed E-state index contributed by atoms with van der Waals surface area (Å²) in [4.78, 5) is 14.0. The topological polar surface area (TPSA) is 77.9 Å². The van der Waals surface area contributed by atoms with Crippen molar-refractivity contribution in [2.24, 2.45) is 0 Å². The minimum atomic E-state index is -3.23. The van der Waals surface area contributed by atoms with E-state index in [4.69, 9.17) is 11.6 Å². The van der Waals surface area contributed by atoms with E-state index in [2.05, 4.69) is 0 Å². The molecule has 1 heterocycles. The minimum absolute atomic E-state index is 0.0765. The predicted molar refractivity (Wildman–Crippen MR) is 80.1 cm³/mol. The number of carbonyl (C=O) groups excluding carboxylic acids is 1. The van der Waals surface area contributed by atoms with E-state index in [9.17, 15) is 18.3 Å². The number of amides is 1. The molecule has 1 aromatic rings. The van der Waals surface area contributed by atoms with E-state index >= 15 is 0 Å². The van der Waals surface area contributed by atoms with E-state index in [1.807, 2.05) is 0 Å². The fourth-order valence-electron chi connectivity index (χ4n) is 2.25. The van der Waals surface area contributed by atoms with Crippen molar-refractivity contribution in [3.8, 4) is 5.75 Å². The molecule has 0 atom stereocenters. The Morgan fingerprint density at radius 1 is 1.24 bits per heavy atom. The lowest BCUT2D eigenvalue weighted by molar-refractivity contribution is 0.0764. The number of rotatable bonds is 2. The zero-order valence-electron chi connectivity index (χ0n) is 11.6. The number of benzene rings is 1. The maximum atomic E-state index is 12.4. The SMILES string of the molecule is CS(=O)(=O)N1CCCN(C(=O)c2ccc(O)c(Cl)c2)CC1. The lowest BCUT2D eigenvalue weighted by Gasteiger charge is -2.21. The zero-order valence-corrected chi connectivity index (χ0v) is 13.2. The van der Waals surface area contributed by atoms with Crippen molar-refractivity contribution in [2.75, 3.05) is 32.4 Å². The molecule has 0 radical (unpaired) electrons. The number of carbonyl (C=O) groups is 1. The van der Waals surface area contributed by atoms with E-state index in [1.165, 1.54) is 28.8 Å². The summed E-state index contributed by atoms with van der Waals surface area (Å²) in [5.74, 6) is -0.292. The molecule has 1 aliphatic rings. The van der Waals surface area contributed by atoms with Crippen molar-refractivity contribution in [1.82, 2.24) is 9.21 Å². The Balaban J connectivity index is 2.11. The summed E-state index contributed by atoms with van der Waals surface area (Å²) in [6, 6.07) is 4.29. The van der Waals surface area contributed by atoms with Crippen LogP contribution < -0.4 is 0 Å². The number of sulfonamides is 1. The summed E-state index contributed by atoms with van der Waals surface area (Å²) >= 11 is 5.80. The average molecular weight is 333 g/mol. The molecule has 1 saturated heterocycles. The number of hydrogen-bond acceptors (Lipinski definition) is 4. The van der Waals surface area contributed by atoms with Crippen molar-refractivity contribution in [2.45, 2.75) is 6.42 Å². The first-order valence-corrected chi connectivity index (χ1v) is 8.74. The summed E-state index contributed by atoms with van der Waals surface area (Å²) in [5.41, 5.74) is 0.380. The predicted octanol–water partition coefficient (Wildman–Crippen LogP) is 1.15. The highest BCUT2D eigenvalue weighted by Crippen LogP contribution is 2.24. The maximum absolute atomic E-state index is 12.4. The first kappa shape index (κ1) is 16.1. The van der Waals surface area contributed by atoms with Crippen molar-refractivity contribution in [1.29, 1.82) is 0 Å². The second-order valence-corrected chi connectivity index (χ2v) is 7.36. The van der Waals surface area contributed by atoms with Crippen LogP contribution in [0.3, 0.4) is 0 Å². The molecule has 0 unspecified atom stereocenters. The van der Waals surface area contributed by atoms with E-state index in [-0.39, 0.29) is 23.2 Å². The molecule has 0 saturated carbocycles. The van der Waals surface area contributed by atoms with E-state index in [1.54, 1.807) is 4.90 Å². The number of phenols is 1. The Hall–Kier alpha value is -1.31. The normalized spacial score (nSPS) is 17.5. The van der Waals surface area contributed by atoms with Gasteiger partial charge < -0.3 is 10.0 Å². The van der Waals surface area contributed by atoms with Crippen LogP contribution in [0.1, 0.15) is 16.8 Å². The number of phenolic OH excluding ortho intramolecular Hbond substituents is 1. The lowest BCUT2D eigenvalue weighted by atomic mass is 10.2. The van der Waals surface area contributed by atoms with Crippen LogP contribution in [0.4, 0.5) is 0 Å². The third kappa shape index (κ3) is 3.87. The standard InChI is InChI=1S/C13H17ClN2O4S/c1-21(19,20)16-6-2-5-15(7-8-16)13(18)10-3-4-12(17)11(14)9-10/h3-4,9,17H,2,5-8H2,1H3. The van der Waals surface area contributed by atoms with Crippen molar-refractivity contribution in [3.63, 3.8) is 0 Å². The Bertz CT molecular complexity index is 648. The van der Waals surface area contributed by atoms with Gasteiger partial charge in [0.25, 0.3) is 5.91 Å². The van der Waals surface area contributed by atoms with Gasteiger partial charge in [-0.25, -0.2) is 12.7 Å².